The Balaban J connectivity index is 2.22. The fourth-order valence-corrected chi connectivity index (χ4v) is 1.95. The number of thiophene rings is 1. The van der Waals surface area contributed by atoms with Gasteiger partial charge in [0.05, 0.1) is 4.88 Å². The van der Waals surface area contributed by atoms with Crippen LogP contribution in [0.15, 0.2) is 53.9 Å². The molecule has 0 aliphatic rings. The van der Waals surface area contributed by atoms with Crippen LogP contribution in [0, 0.1) is 0 Å². The highest BCUT2D eigenvalue weighted by Gasteiger charge is 2.05. The van der Waals surface area contributed by atoms with Crippen molar-refractivity contribution in [2.24, 2.45) is 0 Å². The first-order valence-electron chi connectivity index (χ1n) is 4.81. The lowest BCUT2D eigenvalue weighted by molar-refractivity contribution is 0.104. The van der Waals surface area contributed by atoms with Gasteiger partial charge in [-0.25, -0.2) is 0 Å². The zero-order valence-electron chi connectivity index (χ0n) is 8.46. The second-order valence-corrected chi connectivity index (χ2v) is 4.18. The van der Waals surface area contributed by atoms with Crippen molar-refractivity contribution in [2.75, 3.05) is 0 Å². The molecule has 1 N–H and O–H groups in total. The van der Waals surface area contributed by atoms with Crippen molar-refractivity contribution in [1.29, 1.82) is 0 Å². The molecule has 0 radical (unpaired) electrons. The molecule has 80 valence electrons. The van der Waals surface area contributed by atoms with Gasteiger partial charge in [0.1, 0.15) is 5.76 Å². The van der Waals surface area contributed by atoms with Gasteiger partial charge >= 0.3 is 0 Å². The number of hydrogen-bond acceptors (Lipinski definition) is 3. The normalized spacial score (nSPS) is 11.4. The molecule has 1 aromatic heterocycles. The van der Waals surface area contributed by atoms with Crippen LogP contribution in [0.3, 0.4) is 0 Å². The summed E-state index contributed by atoms with van der Waals surface area (Å²) in [7, 11) is 0. The number of aliphatic hydroxyl groups excluding tert-OH is 1. The summed E-state index contributed by atoms with van der Waals surface area (Å²) in [6.45, 7) is 0. The molecule has 0 aliphatic heterocycles. The van der Waals surface area contributed by atoms with Crippen LogP contribution in [-0.4, -0.2) is 10.9 Å². The summed E-state index contributed by atoms with van der Waals surface area (Å²) in [5.41, 5.74) is 0.575. The Morgan fingerprint density at radius 3 is 2.50 bits per heavy atom. The third-order valence-electron chi connectivity index (χ3n) is 2.10. The first kappa shape index (κ1) is 10.6. The van der Waals surface area contributed by atoms with Gasteiger partial charge in [-0.3, -0.25) is 4.79 Å². The molecule has 3 heteroatoms. The van der Waals surface area contributed by atoms with Crippen LogP contribution in [0.2, 0.25) is 0 Å². The lowest BCUT2D eigenvalue weighted by Gasteiger charge is -1.96. The smallest absolute Gasteiger partial charge is 0.189 e. The average Bonchev–Trinajstić information content (AvgIpc) is 2.83. The average molecular weight is 230 g/mol. The van der Waals surface area contributed by atoms with E-state index in [4.69, 9.17) is 0 Å². The number of rotatable bonds is 3. The molecule has 0 bridgehead atoms. The lowest BCUT2D eigenvalue weighted by Crippen LogP contribution is -1.95. The molecular weight excluding hydrogens is 220 g/mol. The molecule has 0 atom stereocenters. The van der Waals surface area contributed by atoms with Crippen molar-refractivity contribution in [2.45, 2.75) is 0 Å². The van der Waals surface area contributed by atoms with Crippen LogP contribution in [-0.2, 0) is 0 Å². The number of hydrogen-bond donors (Lipinski definition) is 1. The summed E-state index contributed by atoms with van der Waals surface area (Å²) in [6, 6.07) is 12.5. The zero-order chi connectivity index (χ0) is 11.4. The minimum absolute atomic E-state index is 0.0175. The fourth-order valence-electron chi connectivity index (χ4n) is 1.31. The van der Waals surface area contributed by atoms with Crippen LogP contribution in [0.1, 0.15) is 15.2 Å². The summed E-state index contributed by atoms with van der Waals surface area (Å²) in [5.74, 6) is -0.171. The molecular formula is C13H10O2S. The van der Waals surface area contributed by atoms with Gasteiger partial charge in [-0.05, 0) is 11.4 Å². The van der Waals surface area contributed by atoms with Crippen molar-refractivity contribution in [3.63, 3.8) is 0 Å². The summed E-state index contributed by atoms with van der Waals surface area (Å²) in [4.78, 5) is 12.4. The van der Waals surface area contributed by atoms with Gasteiger partial charge in [-0.2, -0.15) is 0 Å². The maximum absolute atomic E-state index is 11.7. The third kappa shape index (κ3) is 2.38. The first-order valence-corrected chi connectivity index (χ1v) is 5.69. The zero-order valence-corrected chi connectivity index (χ0v) is 9.28. The van der Waals surface area contributed by atoms with E-state index in [0.29, 0.717) is 10.4 Å². The Labute approximate surface area is 97.5 Å². The third-order valence-corrected chi connectivity index (χ3v) is 2.99. The molecule has 2 aromatic rings. The van der Waals surface area contributed by atoms with Crippen LogP contribution in [0.5, 0.6) is 0 Å². The molecule has 0 fully saturated rings. The molecule has 2 nitrogen and oxygen atoms in total. The Morgan fingerprint density at radius 1 is 1.12 bits per heavy atom. The van der Waals surface area contributed by atoms with Crippen LogP contribution in [0.25, 0.3) is 5.76 Å². The van der Waals surface area contributed by atoms with Crippen molar-refractivity contribution in [3.05, 3.63) is 64.4 Å². The van der Waals surface area contributed by atoms with Crippen LogP contribution < -0.4 is 0 Å². The SMILES string of the molecule is O=C(/C=C(\O)c1cccs1)c1ccccc1. The molecule has 0 unspecified atom stereocenters. The van der Waals surface area contributed by atoms with E-state index in [2.05, 4.69) is 0 Å². The topological polar surface area (TPSA) is 37.3 Å². The van der Waals surface area contributed by atoms with Gasteiger partial charge in [-0.1, -0.05) is 36.4 Å². The van der Waals surface area contributed by atoms with Gasteiger partial charge in [0.25, 0.3) is 0 Å². The van der Waals surface area contributed by atoms with Crippen molar-refractivity contribution < 1.29 is 9.90 Å². The second-order valence-electron chi connectivity index (χ2n) is 3.24. The molecule has 1 aromatic carbocycles. The van der Waals surface area contributed by atoms with Crippen molar-refractivity contribution in [3.8, 4) is 0 Å². The monoisotopic (exact) mass is 230 g/mol. The van der Waals surface area contributed by atoms with E-state index in [0.717, 1.165) is 0 Å². The Morgan fingerprint density at radius 2 is 1.88 bits per heavy atom. The van der Waals surface area contributed by atoms with E-state index < -0.39 is 0 Å². The summed E-state index contributed by atoms with van der Waals surface area (Å²) in [5, 5.41) is 11.5. The number of carbonyl (C=O) groups excluding carboxylic acids is 1. The van der Waals surface area contributed by atoms with Gasteiger partial charge in [0.2, 0.25) is 0 Å². The summed E-state index contributed by atoms with van der Waals surface area (Å²) < 4.78 is 0. The van der Waals surface area contributed by atoms with E-state index >= 15 is 0 Å². The summed E-state index contributed by atoms with van der Waals surface area (Å²) in [6.07, 6.45) is 1.25. The molecule has 16 heavy (non-hydrogen) atoms. The van der Waals surface area contributed by atoms with Crippen LogP contribution >= 0.6 is 11.3 Å². The number of carbonyl (C=O) groups is 1. The highest BCUT2D eigenvalue weighted by molar-refractivity contribution is 7.11. The lowest BCUT2D eigenvalue weighted by atomic mass is 10.1. The molecule has 0 saturated carbocycles. The molecule has 0 spiro atoms. The summed E-state index contributed by atoms with van der Waals surface area (Å²) >= 11 is 1.40. The molecule has 1 heterocycles. The minimum Gasteiger partial charge on any atom is -0.506 e. The first-order chi connectivity index (χ1) is 7.77. The van der Waals surface area contributed by atoms with Gasteiger partial charge < -0.3 is 5.11 Å². The molecule has 0 saturated heterocycles. The number of allylic oxidation sites excluding steroid dienone is 1. The van der Waals surface area contributed by atoms with E-state index in [9.17, 15) is 9.90 Å². The van der Waals surface area contributed by atoms with Gasteiger partial charge in [-0.15, -0.1) is 11.3 Å². The predicted octanol–water partition coefficient (Wildman–Crippen LogP) is 3.53. The minimum atomic E-state index is -0.188. The molecule has 0 aliphatic carbocycles. The van der Waals surface area contributed by atoms with Gasteiger partial charge in [0, 0.05) is 11.6 Å². The van der Waals surface area contributed by atoms with Crippen molar-refractivity contribution >= 4 is 22.9 Å². The predicted molar refractivity (Wildman–Crippen MR) is 65.7 cm³/mol. The van der Waals surface area contributed by atoms with E-state index in [-0.39, 0.29) is 11.5 Å². The highest BCUT2D eigenvalue weighted by atomic mass is 32.1. The van der Waals surface area contributed by atoms with Gasteiger partial charge in [0.15, 0.2) is 5.78 Å². The maximum atomic E-state index is 11.7. The van der Waals surface area contributed by atoms with E-state index in [1.165, 1.54) is 17.4 Å². The standard InChI is InChI=1S/C13H10O2S/c14-11(10-5-2-1-3-6-10)9-12(15)13-7-4-8-16-13/h1-9,15H/b12-9-. The molecule has 2 rings (SSSR count). The Kier molecular flexibility index (Phi) is 3.17. The van der Waals surface area contributed by atoms with Crippen molar-refractivity contribution in [1.82, 2.24) is 0 Å². The highest BCUT2D eigenvalue weighted by Crippen LogP contribution is 2.18. The quantitative estimate of drug-likeness (QED) is 0.497. The largest absolute Gasteiger partial charge is 0.506 e. The van der Waals surface area contributed by atoms with Crippen LogP contribution in [0.4, 0.5) is 0 Å². The number of benzene rings is 1. The maximum Gasteiger partial charge on any atom is 0.189 e. The Bertz CT molecular complexity index is 498. The second kappa shape index (κ2) is 4.77. The fraction of sp³-hybridized carbons (Fsp3) is 0. The molecule has 0 amide bonds. The number of aliphatic hydroxyl groups is 1. The van der Waals surface area contributed by atoms with E-state index in [1.54, 1.807) is 30.3 Å². The number of ketones is 1. The van der Waals surface area contributed by atoms with E-state index in [1.807, 2.05) is 17.5 Å². The Hall–Kier alpha value is -1.87.